The zero-order valence-corrected chi connectivity index (χ0v) is 9.30. The number of rotatable bonds is 6. The van der Waals surface area contributed by atoms with Crippen LogP contribution in [0.15, 0.2) is 24.3 Å². The van der Waals surface area contributed by atoms with Crippen molar-refractivity contribution in [3.63, 3.8) is 0 Å². The van der Waals surface area contributed by atoms with Crippen molar-refractivity contribution in [2.75, 3.05) is 7.11 Å². The predicted molar refractivity (Wildman–Crippen MR) is 59.2 cm³/mol. The van der Waals surface area contributed by atoms with Crippen LogP contribution in [-0.2, 0) is 9.59 Å². The van der Waals surface area contributed by atoms with E-state index < -0.39 is 30.4 Å². The highest BCUT2D eigenvalue weighted by Crippen LogP contribution is 2.19. The van der Waals surface area contributed by atoms with Gasteiger partial charge in [-0.1, -0.05) is 12.1 Å². The van der Waals surface area contributed by atoms with Crippen LogP contribution in [0.25, 0.3) is 0 Å². The van der Waals surface area contributed by atoms with E-state index in [9.17, 15) is 14.4 Å². The minimum atomic E-state index is -1.23. The van der Waals surface area contributed by atoms with Gasteiger partial charge in [-0.25, -0.2) is 0 Å². The third-order valence-corrected chi connectivity index (χ3v) is 2.11. The largest absolute Gasteiger partial charge is 0.496 e. The minimum Gasteiger partial charge on any atom is -0.496 e. The van der Waals surface area contributed by atoms with E-state index in [0.29, 0.717) is 5.75 Å². The predicted octanol–water partition coefficient (Wildman–Crippen LogP) is 1.31. The molecular formula is C12H12O5. The average Bonchev–Trinajstić information content (AvgIpc) is 2.27. The van der Waals surface area contributed by atoms with E-state index in [1.807, 2.05) is 0 Å². The molecule has 0 aliphatic carbocycles. The van der Waals surface area contributed by atoms with Crippen LogP contribution in [0.1, 0.15) is 23.2 Å². The number of hydrogen-bond donors (Lipinski definition) is 1. The first-order valence-electron chi connectivity index (χ1n) is 4.94. The molecule has 0 heterocycles. The molecule has 1 N–H and O–H groups in total. The molecule has 0 radical (unpaired) electrons. The summed E-state index contributed by atoms with van der Waals surface area (Å²) in [5.74, 6) is -1.91. The lowest BCUT2D eigenvalue weighted by molar-refractivity contribution is -0.139. The van der Waals surface area contributed by atoms with Gasteiger partial charge in [-0.15, -0.1) is 0 Å². The van der Waals surface area contributed by atoms with Gasteiger partial charge in [0.2, 0.25) is 0 Å². The third kappa shape index (κ3) is 3.71. The van der Waals surface area contributed by atoms with E-state index in [-0.39, 0.29) is 5.56 Å². The Morgan fingerprint density at radius 1 is 1.18 bits per heavy atom. The van der Waals surface area contributed by atoms with Gasteiger partial charge in [-0.2, -0.15) is 0 Å². The normalized spacial score (nSPS) is 9.71. The lowest BCUT2D eigenvalue weighted by Gasteiger charge is -2.06. The fourth-order valence-electron chi connectivity index (χ4n) is 1.38. The van der Waals surface area contributed by atoms with E-state index in [4.69, 9.17) is 9.84 Å². The van der Waals surface area contributed by atoms with Crippen LogP contribution >= 0.6 is 0 Å². The third-order valence-electron chi connectivity index (χ3n) is 2.11. The minimum absolute atomic E-state index is 0.286. The maximum Gasteiger partial charge on any atom is 0.310 e. The molecule has 5 heteroatoms. The molecule has 1 rings (SSSR count). The monoisotopic (exact) mass is 236 g/mol. The van der Waals surface area contributed by atoms with Gasteiger partial charge in [-0.05, 0) is 12.1 Å². The molecule has 0 aliphatic rings. The van der Waals surface area contributed by atoms with Crippen LogP contribution in [0.5, 0.6) is 5.75 Å². The van der Waals surface area contributed by atoms with Crippen LogP contribution in [0.4, 0.5) is 0 Å². The number of ether oxygens (including phenoxy) is 1. The number of carbonyl (C=O) groups excluding carboxylic acids is 2. The van der Waals surface area contributed by atoms with Crippen LogP contribution in [-0.4, -0.2) is 29.8 Å². The number of aliphatic carboxylic acids is 1. The zero-order chi connectivity index (χ0) is 12.8. The van der Waals surface area contributed by atoms with Crippen molar-refractivity contribution < 1.29 is 24.2 Å². The summed E-state index contributed by atoms with van der Waals surface area (Å²) in [7, 11) is 1.42. The molecule has 90 valence electrons. The zero-order valence-electron chi connectivity index (χ0n) is 9.30. The van der Waals surface area contributed by atoms with Gasteiger partial charge in [0.25, 0.3) is 0 Å². The van der Waals surface area contributed by atoms with Crippen molar-refractivity contribution in [3.8, 4) is 5.75 Å². The maximum atomic E-state index is 11.7. The molecule has 1 aromatic rings. The van der Waals surface area contributed by atoms with Gasteiger partial charge in [0.1, 0.15) is 12.2 Å². The number of benzene rings is 1. The highest BCUT2D eigenvalue weighted by Gasteiger charge is 2.17. The Kier molecular flexibility index (Phi) is 4.39. The van der Waals surface area contributed by atoms with Crippen molar-refractivity contribution in [3.05, 3.63) is 29.8 Å². The molecule has 0 saturated carbocycles. The Balaban J connectivity index is 2.76. The molecule has 0 unspecified atom stereocenters. The summed E-state index contributed by atoms with van der Waals surface area (Å²) in [6, 6.07) is 6.50. The summed E-state index contributed by atoms with van der Waals surface area (Å²) in [6.45, 7) is 0. The second-order valence-corrected chi connectivity index (χ2v) is 3.41. The fraction of sp³-hybridized carbons (Fsp3) is 0.250. The Hall–Kier alpha value is -2.17. The van der Waals surface area contributed by atoms with E-state index in [1.54, 1.807) is 18.2 Å². The molecule has 0 aromatic heterocycles. The van der Waals surface area contributed by atoms with Gasteiger partial charge in [0, 0.05) is 0 Å². The van der Waals surface area contributed by atoms with E-state index in [2.05, 4.69) is 0 Å². The number of para-hydroxylation sites is 1. The topological polar surface area (TPSA) is 80.7 Å². The maximum absolute atomic E-state index is 11.7. The molecule has 0 atom stereocenters. The second kappa shape index (κ2) is 5.79. The number of carbonyl (C=O) groups is 3. The van der Waals surface area contributed by atoms with Gasteiger partial charge < -0.3 is 9.84 Å². The van der Waals surface area contributed by atoms with Crippen LogP contribution < -0.4 is 4.74 Å². The highest BCUT2D eigenvalue weighted by molar-refractivity contribution is 6.12. The molecule has 0 fully saturated rings. The van der Waals surface area contributed by atoms with Crippen LogP contribution in [0, 0.1) is 0 Å². The summed E-state index contributed by atoms with van der Waals surface area (Å²) >= 11 is 0. The molecular weight excluding hydrogens is 224 g/mol. The average molecular weight is 236 g/mol. The van der Waals surface area contributed by atoms with Crippen LogP contribution in [0.2, 0.25) is 0 Å². The summed E-state index contributed by atoms with van der Waals surface area (Å²) in [4.78, 5) is 33.2. The Bertz CT molecular complexity index is 450. The molecule has 0 spiro atoms. The first kappa shape index (κ1) is 12.9. The SMILES string of the molecule is COc1ccccc1C(=O)CC(=O)CC(=O)O. The number of carboxylic acids is 1. The molecule has 0 saturated heterocycles. The Morgan fingerprint density at radius 2 is 1.82 bits per heavy atom. The summed E-state index contributed by atoms with van der Waals surface area (Å²) in [6.07, 6.45) is -1.06. The molecule has 0 bridgehead atoms. The summed E-state index contributed by atoms with van der Waals surface area (Å²) in [5, 5.41) is 8.41. The highest BCUT2D eigenvalue weighted by atomic mass is 16.5. The second-order valence-electron chi connectivity index (χ2n) is 3.41. The summed E-state index contributed by atoms with van der Waals surface area (Å²) in [5.41, 5.74) is 0.286. The van der Waals surface area contributed by atoms with Gasteiger partial charge in [0.15, 0.2) is 11.6 Å². The smallest absolute Gasteiger partial charge is 0.310 e. The molecule has 5 nitrogen and oxygen atoms in total. The molecule has 0 amide bonds. The number of carboxylic acid groups (broad SMARTS) is 1. The van der Waals surface area contributed by atoms with E-state index in [0.717, 1.165) is 0 Å². The fourth-order valence-corrected chi connectivity index (χ4v) is 1.38. The lowest BCUT2D eigenvalue weighted by atomic mass is 10.0. The van der Waals surface area contributed by atoms with Crippen LogP contribution in [0.3, 0.4) is 0 Å². The lowest BCUT2D eigenvalue weighted by Crippen LogP contribution is -2.12. The quantitative estimate of drug-likeness (QED) is 0.595. The number of ketones is 2. The van der Waals surface area contributed by atoms with Gasteiger partial charge in [0.05, 0.1) is 19.1 Å². The van der Waals surface area contributed by atoms with Crippen molar-refractivity contribution in [2.45, 2.75) is 12.8 Å². The van der Waals surface area contributed by atoms with Gasteiger partial charge in [-0.3, -0.25) is 14.4 Å². The first-order chi connectivity index (χ1) is 8.04. The van der Waals surface area contributed by atoms with Crippen molar-refractivity contribution in [1.82, 2.24) is 0 Å². The number of Topliss-reactive ketones (excluding diaryl/α,β-unsaturated/α-hetero) is 2. The van der Waals surface area contributed by atoms with Crippen molar-refractivity contribution >= 4 is 17.5 Å². The molecule has 17 heavy (non-hydrogen) atoms. The Morgan fingerprint density at radius 3 is 2.41 bits per heavy atom. The van der Waals surface area contributed by atoms with Gasteiger partial charge >= 0.3 is 5.97 Å². The standard InChI is InChI=1S/C12H12O5/c1-17-11-5-3-2-4-9(11)10(14)6-8(13)7-12(15)16/h2-5H,6-7H2,1H3,(H,15,16). The molecule has 0 aliphatic heterocycles. The molecule has 1 aromatic carbocycles. The van der Waals surface area contributed by atoms with E-state index >= 15 is 0 Å². The van der Waals surface area contributed by atoms with Crippen molar-refractivity contribution in [1.29, 1.82) is 0 Å². The first-order valence-corrected chi connectivity index (χ1v) is 4.94. The van der Waals surface area contributed by atoms with E-state index in [1.165, 1.54) is 13.2 Å². The van der Waals surface area contributed by atoms with Crippen molar-refractivity contribution in [2.24, 2.45) is 0 Å². The number of methoxy groups -OCH3 is 1. The number of hydrogen-bond acceptors (Lipinski definition) is 4. The summed E-state index contributed by atoms with van der Waals surface area (Å²) < 4.78 is 4.98. The Labute approximate surface area is 98.0 Å².